The van der Waals surface area contributed by atoms with E-state index in [1.54, 1.807) is 48.5 Å². The van der Waals surface area contributed by atoms with E-state index < -0.39 is 5.97 Å². The summed E-state index contributed by atoms with van der Waals surface area (Å²) in [7, 11) is 1.28. The Morgan fingerprint density at radius 1 is 1.07 bits per heavy atom. The number of imide groups is 1. The van der Waals surface area contributed by atoms with Gasteiger partial charge in [0.1, 0.15) is 0 Å². The molecule has 1 saturated heterocycles. The standard InChI is InChI=1S/C21H19NO6S/c1-3-27-17-11-14(9-10-16(17)28-13-19(23)26-2)12-18-20(24)22(21(25)29-18)15-7-5-4-6-8-15/h4-12H,3,13H2,1-2H3/b18-12-. The largest absolute Gasteiger partial charge is 0.490 e. The molecular weight excluding hydrogens is 394 g/mol. The fourth-order valence-electron chi connectivity index (χ4n) is 2.62. The highest BCUT2D eigenvalue weighted by Gasteiger charge is 2.36. The highest BCUT2D eigenvalue weighted by Crippen LogP contribution is 2.37. The minimum absolute atomic E-state index is 0.244. The highest BCUT2D eigenvalue weighted by atomic mass is 32.2. The zero-order valence-corrected chi connectivity index (χ0v) is 16.7. The number of benzene rings is 2. The van der Waals surface area contributed by atoms with Crippen LogP contribution in [0.25, 0.3) is 6.08 Å². The number of methoxy groups -OCH3 is 1. The molecule has 2 amide bonds. The minimum atomic E-state index is -0.508. The Morgan fingerprint density at radius 3 is 2.52 bits per heavy atom. The van der Waals surface area contributed by atoms with Gasteiger partial charge in [-0.15, -0.1) is 0 Å². The maximum absolute atomic E-state index is 12.7. The monoisotopic (exact) mass is 413 g/mol. The van der Waals surface area contributed by atoms with Gasteiger partial charge < -0.3 is 14.2 Å². The van der Waals surface area contributed by atoms with Gasteiger partial charge in [-0.2, -0.15) is 0 Å². The van der Waals surface area contributed by atoms with Crippen LogP contribution in [0.2, 0.25) is 0 Å². The molecule has 0 aliphatic carbocycles. The number of para-hydroxylation sites is 1. The van der Waals surface area contributed by atoms with Crippen LogP contribution in [0.1, 0.15) is 12.5 Å². The van der Waals surface area contributed by atoms with Crippen LogP contribution in [-0.2, 0) is 14.3 Å². The van der Waals surface area contributed by atoms with Crippen LogP contribution in [0, 0.1) is 0 Å². The molecule has 1 heterocycles. The van der Waals surface area contributed by atoms with E-state index in [9.17, 15) is 14.4 Å². The number of hydrogen-bond donors (Lipinski definition) is 0. The third-order valence-electron chi connectivity index (χ3n) is 3.95. The van der Waals surface area contributed by atoms with Crippen LogP contribution in [-0.4, -0.2) is 37.4 Å². The van der Waals surface area contributed by atoms with Gasteiger partial charge in [-0.3, -0.25) is 9.59 Å². The molecule has 1 aliphatic rings. The zero-order chi connectivity index (χ0) is 20.8. The first-order valence-electron chi connectivity index (χ1n) is 8.83. The first-order chi connectivity index (χ1) is 14.0. The first-order valence-corrected chi connectivity index (χ1v) is 9.64. The van der Waals surface area contributed by atoms with Gasteiger partial charge in [0.05, 0.1) is 24.3 Å². The Kier molecular flexibility index (Phi) is 6.56. The second kappa shape index (κ2) is 9.29. The summed E-state index contributed by atoms with van der Waals surface area (Å²) in [5.41, 5.74) is 1.19. The quantitative estimate of drug-likeness (QED) is 0.503. The summed E-state index contributed by atoms with van der Waals surface area (Å²) in [6.07, 6.45) is 1.63. The van der Waals surface area contributed by atoms with Crippen molar-refractivity contribution >= 4 is 40.6 Å². The molecular formula is C21H19NO6S. The van der Waals surface area contributed by atoms with Gasteiger partial charge in [0.15, 0.2) is 18.1 Å². The lowest BCUT2D eigenvalue weighted by molar-refractivity contribution is -0.142. The third kappa shape index (κ3) is 4.78. The van der Waals surface area contributed by atoms with E-state index in [0.717, 1.165) is 16.7 Å². The van der Waals surface area contributed by atoms with Gasteiger partial charge in [-0.1, -0.05) is 24.3 Å². The number of hydrogen-bond acceptors (Lipinski definition) is 7. The Hall–Kier alpha value is -3.26. The predicted molar refractivity (Wildman–Crippen MR) is 110 cm³/mol. The van der Waals surface area contributed by atoms with Crippen molar-refractivity contribution in [1.29, 1.82) is 0 Å². The summed E-state index contributed by atoms with van der Waals surface area (Å²) in [5, 5.41) is -0.351. The SMILES string of the molecule is CCOc1cc(/C=C2\SC(=O)N(c3ccccc3)C2=O)ccc1OCC(=O)OC. The lowest BCUT2D eigenvalue weighted by Gasteiger charge is -2.12. The van der Waals surface area contributed by atoms with Gasteiger partial charge in [0, 0.05) is 0 Å². The summed E-state index contributed by atoms with van der Waals surface area (Å²) in [5.74, 6) is -0.0829. The maximum atomic E-state index is 12.7. The molecule has 0 bridgehead atoms. The van der Waals surface area contributed by atoms with Crippen LogP contribution in [0.15, 0.2) is 53.4 Å². The number of carbonyl (C=O) groups excluding carboxylic acids is 3. The van der Waals surface area contributed by atoms with Crippen molar-refractivity contribution < 1.29 is 28.6 Å². The fourth-order valence-corrected chi connectivity index (χ4v) is 3.46. The van der Waals surface area contributed by atoms with Crippen molar-refractivity contribution in [3.8, 4) is 11.5 Å². The molecule has 0 radical (unpaired) electrons. The molecule has 0 spiro atoms. The Labute approximate surface area is 172 Å². The normalized spacial score (nSPS) is 15.0. The molecule has 0 N–H and O–H groups in total. The molecule has 8 heteroatoms. The lowest BCUT2D eigenvalue weighted by Crippen LogP contribution is -2.27. The zero-order valence-electron chi connectivity index (χ0n) is 15.9. The lowest BCUT2D eigenvalue weighted by atomic mass is 10.1. The van der Waals surface area contributed by atoms with E-state index in [4.69, 9.17) is 9.47 Å². The number of nitrogens with zero attached hydrogens (tertiary/aromatic N) is 1. The fraction of sp³-hybridized carbons (Fsp3) is 0.190. The second-order valence-electron chi connectivity index (χ2n) is 5.86. The van der Waals surface area contributed by atoms with Crippen molar-refractivity contribution in [3.63, 3.8) is 0 Å². The first kappa shape index (κ1) is 20.5. The molecule has 2 aromatic carbocycles. The highest BCUT2D eigenvalue weighted by molar-refractivity contribution is 8.19. The average molecular weight is 413 g/mol. The summed E-state index contributed by atoms with van der Waals surface area (Å²) in [4.78, 5) is 37.8. The van der Waals surface area contributed by atoms with E-state index in [1.165, 1.54) is 7.11 Å². The molecule has 0 unspecified atom stereocenters. The minimum Gasteiger partial charge on any atom is -0.490 e. The average Bonchev–Trinajstić information content (AvgIpc) is 3.01. The summed E-state index contributed by atoms with van der Waals surface area (Å²) in [6, 6.07) is 13.8. The second-order valence-corrected chi connectivity index (χ2v) is 6.85. The Bertz CT molecular complexity index is 957. The molecule has 150 valence electrons. The summed E-state index contributed by atoms with van der Waals surface area (Å²) in [6.45, 7) is 1.97. The molecule has 2 aromatic rings. The number of anilines is 1. The van der Waals surface area contributed by atoms with E-state index in [1.807, 2.05) is 13.0 Å². The predicted octanol–water partition coefficient (Wildman–Crippen LogP) is 3.88. The van der Waals surface area contributed by atoms with Gasteiger partial charge in [0.25, 0.3) is 11.1 Å². The summed E-state index contributed by atoms with van der Waals surface area (Å²) >= 11 is 0.877. The van der Waals surface area contributed by atoms with Crippen LogP contribution in [0.5, 0.6) is 11.5 Å². The van der Waals surface area contributed by atoms with Crippen molar-refractivity contribution in [3.05, 3.63) is 59.0 Å². The number of esters is 1. The van der Waals surface area contributed by atoms with Crippen molar-refractivity contribution in [1.82, 2.24) is 0 Å². The molecule has 7 nitrogen and oxygen atoms in total. The van der Waals surface area contributed by atoms with Crippen molar-refractivity contribution in [2.45, 2.75) is 6.92 Å². The molecule has 0 atom stereocenters. The van der Waals surface area contributed by atoms with E-state index in [-0.39, 0.29) is 17.8 Å². The molecule has 0 saturated carbocycles. The van der Waals surface area contributed by atoms with Crippen LogP contribution >= 0.6 is 11.8 Å². The number of amides is 2. The van der Waals surface area contributed by atoms with Crippen LogP contribution in [0.4, 0.5) is 10.5 Å². The van der Waals surface area contributed by atoms with E-state index in [2.05, 4.69) is 4.74 Å². The van der Waals surface area contributed by atoms with Gasteiger partial charge in [0.2, 0.25) is 0 Å². The van der Waals surface area contributed by atoms with Gasteiger partial charge in [-0.05, 0) is 54.6 Å². The smallest absolute Gasteiger partial charge is 0.343 e. The molecule has 29 heavy (non-hydrogen) atoms. The molecule has 1 fully saturated rings. The van der Waals surface area contributed by atoms with E-state index in [0.29, 0.717) is 34.3 Å². The number of carbonyl (C=O) groups is 3. The third-order valence-corrected chi connectivity index (χ3v) is 4.82. The van der Waals surface area contributed by atoms with E-state index >= 15 is 0 Å². The van der Waals surface area contributed by atoms with Crippen LogP contribution in [0.3, 0.4) is 0 Å². The van der Waals surface area contributed by atoms with Gasteiger partial charge in [-0.25, -0.2) is 9.69 Å². The Balaban J connectivity index is 1.84. The molecule has 1 aliphatic heterocycles. The molecule has 3 rings (SSSR count). The maximum Gasteiger partial charge on any atom is 0.343 e. The summed E-state index contributed by atoms with van der Waals surface area (Å²) < 4.78 is 15.6. The topological polar surface area (TPSA) is 82.1 Å². The van der Waals surface area contributed by atoms with Crippen LogP contribution < -0.4 is 14.4 Å². The number of rotatable bonds is 7. The van der Waals surface area contributed by atoms with Crippen molar-refractivity contribution in [2.24, 2.45) is 0 Å². The van der Waals surface area contributed by atoms with Gasteiger partial charge >= 0.3 is 5.97 Å². The number of thioether (sulfide) groups is 1. The Morgan fingerprint density at radius 2 is 1.83 bits per heavy atom. The number of ether oxygens (including phenoxy) is 3. The molecule has 0 aromatic heterocycles. The van der Waals surface area contributed by atoms with Crippen molar-refractivity contribution in [2.75, 3.05) is 25.2 Å².